The van der Waals surface area contributed by atoms with Crippen molar-refractivity contribution in [2.75, 3.05) is 16.0 Å². The number of hydrogen-bond donors (Lipinski definition) is 3. The summed E-state index contributed by atoms with van der Waals surface area (Å²) in [4.78, 5) is 30.5. The van der Waals surface area contributed by atoms with Gasteiger partial charge in [-0.1, -0.05) is 77.6 Å². The van der Waals surface area contributed by atoms with Gasteiger partial charge in [-0.15, -0.1) is 0 Å². The van der Waals surface area contributed by atoms with E-state index in [1.54, 1.807) is 6.92 Å². The molecule has 1 heterocycles. The molecule has 0 saturated heterocycles. The first-order valence-corrected chi connectivity index (χ1v) is 11.7. The van der Waals surface area contributed by atoms with Crippen molar-refractivity contribution >= 4 is 39.8 Å². The van der Waals surface area contributed by atoms with Gasteiger partial charge in [0.05, 0.1) is 11.4 Å². The fourth-order valence-electron chi connectivity index (χ4n) is 3.92. The second-order valence-corrected chi connectivity index (χ2v) is 9.15. The molecule has 0 atom stereocenters. The van der Waals surface area contributed by atoms with Crippen LogP contribution in [0, 0.1) is 27.7 Å². The van der Waals surface area contributed by atoms with E-state index in [0.29, 0.717) is 21.4 Å². The Morgan fingerprint density at radius 3 is 2.15 bits per heavy atom. The van der Waals surface area contributed by atoms with Gasteiger partial charge in [0.15, 0.2) is 5.13 Å². The molecule has 172 valence electrons. The van der Waals surface area contributed by atoms with E-state index in [1.165, 1.54) is 0 Å². The minimum atomic E-state index is -0.422. The topological polar surface area (TPSA) is 83.1 Å². The van der Waals surface area contributed by atoms with Crippen LogP contribution in [0.1, 0.15) is 32.1 Å². The van der Waals surface area contributed by atoms with Crippen LogP contribution in [0.2, 0.25) is 0 Å². The number of thiazole rings is 1. The molecule has 4 aromatic rings. The van der Waals surface area contributed by atoms with Crippen LogP contribution in [-0.2, 0) is 0 Å². The Kier molecular flexibility index (Phi) is 6.75. The van der Waals surface area contributed by atoms with Crippen molar-refractivity contribution in [2.24, 2.45) is 0 Å². The molecule has 34 heavy (non-hydrogen) atoms. The van der Waals surface area contributed by atoms with Gasteiger partial charge in [-0.3, -0.25) is 10.1 Å². The van der Waals surface area contributed by atoms with Crippen molar-refractivity contribution in [1.29, 1.82) is 0 Å². The van der Waals surface area contributed by atoms with E-state index in [4.69, 9.17) is 0 Å². The molecule has 0 spiro atoms. The van der Waals surface area contributed by atoms with Crippen LogP contribution < -0.4 is 16.0 Å². The molecule has 7 heteroatoms. The number of hydrogen-bond acceptors (Lipinski definition) is 4. The van der Waals surface area contributed by atoms with E-state index in [9.17, 15) is 9.59 Å². The highest BCUT2D eigenvalue weighted by molar-refractivity contribution is 7.17. The van der Waals surface area contributed by atoms with E-state index in [1.807, 2.05) is 87.5 Å². The van der Waals surface area contributed by atoms with Crippen molar-refractivity contribution in [3.05, 3.63) is 94.0 Å². The minimum Gasteiger partial charge on any atom is -0.321 e. The first kappa shape index (κ1) is 23.2. The quantitative estimate of drug-likeness (QED) is 0.295. The van der Waals surface area contributed by atoms with Gasteiger partial charge in [-0.05, 0) is 50.5 Å². The molecule has 0 unspecified atom stereocenters. The first-order valence-electron chi connectivity index (χ1n) is 10.9. The normalized spacial score (nSPS) is 10.6. The second-order valence-electron chi connectivity index (χ2n) is 8.15. The fraction of sp³-hybridized carbons (Fsp3) is 0.148. The predicted molar refractivity (Wildman–Crippen MR) is 140 cm³/mol. The maximum atomic E-state index is 12.9. The van der Waals surface area contributed by atoms with Gasteiger partial charge in [0.2, 0.25) is 0 Å². The molecule has 0 aliphatic rings. The van der Waals surface area contributed by atoms with Crippen LogP contribution in [0.3, 0.4) is 0 Å². The van der Waals surface area contributed by atoms with E-state index in [2.05, 4.69) is 20.9 Å². The molecule has 0 aliphatic carbocycles. The van der Waals surface area contributed by atoms with Gasteiger partial charge in [0.1, 0.15) is 4.88 Å². The molecule has 0 bridgehead atoms. The van der Waals surface area contributed by atoms with E-state index < -0.39 is 6.03 Å². The van der Waals surface area contributed by atoms with Gasteiger partial charge >= 0.3 is 6.03 Å². The van der Waals surface area contributed by atoms with Crippen LogP contribution in [0.5, 0.6) is 0 Å². The highest BCUT2D eigenvalue weighted by Gasteiger charge is 2.19. The predicted octanol–water partition coefficient (Wildman–Crippen LogP) is 6.94. The number of anilines is 3. The van der Waals surface area contributed by atoms with Gasteiger partial charge in [-0.2, -0.15) is 0 Å². The Morgan fingerprint density at radius 1 is 0.794 bits per heavy atom. The number of aryl methyl sites for hydroxylation is 4. The third kappa shape index (κ3) is 5.15. The molecule has 6 nitrogen and oxygen atoms in total. The highest BCUT2D eigenvalue weighted by Crippen LogP contribution is 2.29. The van der Waals surface area contributed by atoms with Gasteiger partial charge in [0.25, 0.3) is 5.91 Å². The number of nitrogens with one attached hydrogen (secondary N) is 3. The molecule has 3 amide bonds. The molecule has 3 aromatic carbocycles. The van der Waals surface area contributed by atoms with Crippen molar-refractivity contribution in [3.63, 3.8) is 0 Å². The molecule has 3 N–H and O–H groups in total. The lowest BCUT2D eigenvalue weighted by atomic mass is 10.0. The minimum absolute atomic E-state index is 0.243. The first-order chi connectivity index (χ1) is 16.3. The summed E-state index contributed by atoms with van der Waals surface area (Å²) in [5.41, 5.74) is 7.11. The molecule has 1 aromatic heterocycles. The third-order valence-corrected chi connectivity index (χ3v) is 6.47. The Balaban J connectivity index is 1.48. The summed E-state index contributed by atoms with van der Waals surface area (Å²) < 4.78 is 0. The largest absolute Gasteiger partial charge is 0.325 e. The van der Waals surface area contributed by atoms with E-state index >= 15 is 0 Å². The Hall–Kier alpha value is -3.97. The molecule has 0 radical (unpaired) electrons. The van der Waals surface area contributed by atoms with Gasteiger partial charge in [-0.25, -0.2) is 9.78 Å². The highest BCUT2D eigenvalue weighted by atomic mass is 32.1. The summed E-state index contributed by atoms with van der Waals surface area (Å²) in [7, 11) is 0. The van der Waals surface area contributed by atoms with Crippen molar-refractivity contribution in [2.45, 2.75) is 27.7 Å². The fourth-order valence-corrected chi connectivity index (χ4v) is 4.78. The Morgan fingerprint density at radius 2 is 1.44 bits per heavy atom. The average Bonchev–Trinajstić information content (AvgIpc) is 3.16. The van der Waals surface area contributed by atoms with Crippen LogP contribution in [0.4, 0.5) is 21.3 Å². The molecule has 0 saturated carbocycles. The number of rotatable bonds is 5. The van der Waals surface area contributed by atoms with Gasteiger partial charge < -0.3 is 10.6 Å². The number of benzene rings is 3. The maximum Gasteiger partial charge on any atom is 0.325 e. The van der Waals surface area contributed by atoms with Crippen LogP contribution in [0.25, 0.3) is 11.1 Å². The summed E-state index contributed by atoms with van der Waals surface area (Å²) in [6, 6.07) is 21.1. The van der Waals surface area contributed by atoms with Crippen LogP contribution in [-0.4, -0.2) is 16.9 Å². The van der Waals surface area contributed by atoms with Crippen molar-refractivity contribution in [3.8, 4) is 11.1 Å². The second kappa shape index (κ2) is 9.89. The molecule has 0 aliphatic heterocycles. The summed E-state index contributed by atoms with van der Waals surface area (Å²) >= 11 is 1.15. The number of amides is 3. The van der Waals surface area contributed by atoms with Crippen molar-refractivity contribution in [1.82, 2.24) is 4.98 Å². The number of para-hydroxylation sites is 1. The summed E-state index contributed by atoms with van der Waals surface area (Å²) in [6.07, 6.45) is 0. The van der Waals surface area contributed by atoms with E-state index in [0.717, 1.165) is 44.8 Å². The maximum absolute atomic E-state index is 12.9. The lowest BCUT2D eigenvalue weighted by Gasteiger charge is -2.12. The number of nitrogens with zero attached hydrogens (tertiary/aromatic N) is 1. The van der Waals surface area contributed by atoms with Crippen LogP contribution >= 0.6 is 11.3 Å². The zero-order valence-electron chi connectivity index (χ0n) is 19.5. The summed E-state index contributed by atoms with van der Waals surface area (Å²) in [5, 5.41) is 9.00. The number of carbonyl (C=O) groups is 2. The monoisotopic (exact) mass is 470 g/mol. The number of carbonyl (C=O) groups excluding carboxylic acids is 2. The number of aromatic nitrogens is 1. The van der Waals surface area contributed by atoms with E-state index in [-0.39, 0.29) is 5.91 Å². The third-order valence-electron chi connectivity index (χ3n) is 5.40. The smallest absolute Gasteiger partial charge is 0.321 e. The zero-order valence-corrected chi connectivity index (χ0v) is 20.3. The molecular weight excluding hydrogens is 444 g/mol. The van der Waals surface area contributed by atoms with Crippen LogP contribution in [0.15, 0.2) is 66.7 Å². The Labute approximate surface area is 203 Å². The average molecular weight is 471 g/mol. The Bertz CT molecular complexity index is 1340. The zero-order chi connectivity index (χ0) is 24.2. The lowest BCUT2D eigenvalue weighted by molar-refractivity contribution is 0.102. The molecule has 4 rings (SSSR count). The van der Waals surface area contributed by atoms with Crippen molar-refractivity contribution < 1.29 is 9.59 Å². The number of urea groups is 1. The standard InChI is InChI=1S/C27H26N4O2S/c1-16-14-17(2)23(18(3)15-16)30-25(32)24-19(4)28-27(34-24)31-26(33)29-22-13-9-8-12-21(22)20-10-6-5-7-11-20/h5-15H,1-4H3,(H,30,32)(H2,28,29,31,33). The lowest BCUT2D eigenvalue weighted by Crippen LogP contribution is -2.19. The summed E-state index contributed by atoms with van der Waals surface area (Å²) in [6.45, 7) is 7.73. The summed E-state index contributed by atoms with van der Waals surface area (Å²) in [5.74, 6) is -0.243. The molecular formula is C27H26N4O2S. The molecule has 0 fully saturated rings. The van der Waals surface area contributed by atoms with Gasteiger partial charge in [0, 0.05) is 11.3 Å². The SMILES string of the molecule is Cc1cc(C)c(NC(=O)c2sc(NC(=O)Nc3ccccc3-c3ccccc3)nc2C)c(C)c1.